The number of hydrogen-bond donors (Lipinski definition) is 4. The van der Waals surface area contributed by atoms with Gasteiger partial charge in [0, 0.05) is 35.7 Å². The van der Waals surface area contributed by atoms with Crippen molar-refractivity contribution in [1.82, 2.24) is 30.7 Å². The van der Waals surface area contributed by atoms with Crippen LogP contribution in [0.2, 0.25) is 0 Å². The third kappa shape index (κ3) is 6.63. The van der Waals surface area contributed by atoms with E-state index in [4.69, 9.17) is 8.85 Å². The molecule has 3 heterocycles. The molecule has 2 fully saturated rings. The summed E-state index contributed by atoms with van der Waals surface area (Å²) >= 11 is 1.22. The average Bonchev–Trinajstić information content (AvgIpc) is 3.72. The van der Waals surface area contributed by atoms with Gasteiger partial charge in [-0.2, -0.15) is 0 Å². The molecule has 1 saturated carbocycles. The molecule has 216 valence electrons. The lowest BCUT2D eigenvalue weighted by molar-refractivity contribution is -0.117. The molecular formula is C28H34N8O4S. The number of hydrogen-bond acceptors (Lipinski definition) is 10. The molecule has 2 aliphatic rings. The van der Waals surface area contributed by atoms with Gasteiger partial charge in [0.15, 0.2) is 17.3 Å². The van der Waals surface area contributed by atoms with E-state index in [2.05, 4.69) is 43.1 Å². The lowest BCUT2D eigenvalue weighted by atomic mass is 10.0. The molecule has 1 atom stereocenters. The van der Waals surface area contributed by atoms with Crippen LogP contribution in [0.3, 0.4) is 0 Å². The molecule has 3 aromatic rings. The van der Waals surface area contributed by atoms with Gasteiger partial charge in [0.1, 0.15) is 9.88 Å². The Morgan fingerprint density at radius 3 is 2.76 bits per heavy atom. The van der Waals surface area contributed by atoms with Crippen LogP contribution in [0.15, 0.2) is 30.5 Å². The predicted molar refractivity (Wildman–Crippen MR) is 157 cm³/mol. The van der Waals surface area contributed by atoms with Crippen LogP contribution in [0.5, 0.6) is 5.75 Å². The number of amides is 3. The first kappa shape index (κ1) is 24.7. The van der Waals surface area contributed by atoms with Gasteiger partial charge in [0.2, 0.25) is 5.91 Å². The molecule has 3 amide bonds. The van der Waals surface area contributed by atoms with Gasteiger partial charge >= 0.3 is 0 Å². The number of rotatable bonds is 10. The van der Waals surface area contributed by atoms with Crippen molar-refractivity contribution < 1.29 is 23.2 Å². The normalized spacial score (nSPS) is 18.4. The molecule has 0 spiro atoms. The number of carbonyl (C=O) groups is 3. The second-order valence-corrected chi connectivity index (χ2v) is 11.1. The van der Waals surface area contributed by atoms with E-state index < -0.39 is 12.9 Å². The summed E-state index contributed by atoms with van der Waals surface area (Å²) in [6, 6.07) is 6.94. The smallest absolute Gasteiger partial charge is 0.273 e. The third-order valence-corrected chi connectivity index (χ3v) is 8.22. The van der Waals surface area contributed by atoms with E-state index in [9.17, 15) is 14.4 Å². The van der Waals surface area contributed by atoms with Crippen LogP contribution in [-0.4, -0.2) is 78.1 Å². The maximum atomic E-state index is 12.9. The van der Waals surface area contributed by atoms with E-state index in [0.717, 1.165) is 32.2 Å². The van der Waals surface area contributed by atoms with E-state index in [1.54, 1.807) is 18.2 Å². The summed E-state index contributed by atoms with van der Waals surface area (Å²) in [6.07, 6.45) is 6.46. The SMILES string of the molecule is [2H]C([2H])([2H])NC(=O)c1nnc(NC(=O)C2CC2)cc1Nc1cccc(-c2ncc(C(=O)NCC3CCCCN3C)s2)c1OC. The molecule has 0 bridgehead atoms. The minimum absolute atomic E-state index is 0.0928. The summed E-state index contributed by atoms with van der Waals surface area (Å²) in [5.41, 5.74) is 0.790. The van der Waals surface area contributed by atoms with Gasteiger partial charge in [0.25, 0.3) is 11.8 Å². The molecule has 1 aromatic carbocycles. The molecule has 1 aliphatic heterocycles. The number of anilines is 3. The summed E-state index contributed by atoms with van der Waals surface area (Å²) in [5.74, 6) is -1.03. The summed E-state index contributed by atoms with van der Waals surface area (Å²) in [4.78, 5) is 45.3. The van der Waals surface area contributed by atoms with Crippen molar-refractivity contribution in [2.24, 2.45) is 5.92 Å². The first-order chi connectivity index (χ1) is 21.0. The monoisotopic (exact) mass is 581 g/mol. The van der Waals surface area contributed by atoms with Gasteiger partial charge in [-0.25, -0.2) is 4.98 Å². The minimum Gasteiger partial charge on any atom is -0.494 e. The van der Waals surface area contributed by atoms with Crippen molar-refractivity contribution >= 4 is 46.3 Å². The topological polar surface area (TPSA) is 150 Å². The number of para-hydroxylation sites is 1. The first-order valence-corrected chi connectivity index (χ1v) is 14.2. The number of thiazole rings is 1. The summed E-state index contributed by atoms with van der Waals surface area (Å²) < 4.78 is 28.0. The number of piperidine rings is 1. The Balaban J connectivity index is 1.39. The standard InChI is InChI=1S/C28H34N8O4S/c1-29-27(39)23-20(13-22(34-35-23)33-25(37)16-10-11-16)32-19-9-6-8-18(24(19)40-3)28-31-15-21(41-28)26(38)30-14-17-7-4-5-12-36(17)2/h6,8-9,13,15-17H,4-5,7,10-12,14H2,1-3H3,(H,29,39)(H,30,38)(H2,32,33,34,37)/i1D3. The Kier molecular flexibility index (Phi) is 7.59. The Bertz CT molecular complexity index is 1550. The van der Waals surface area contributed by atoms with Gasteiger partial charge in [-0.15, -0.1) is 21.5 Å². The van der Waals surface area contributed by atoms with Crippen molar-refractivity contribution in [2.75, 3.05) is 44.9 Å². The van der Waals surface area contributed by atoms with Crippen molar-refractivity contribution in [1.29, 1.82) is 0 Å². The van der Waals surface area contributed by atoms with Gasteiger partial charge in [-0.05, 0) is 51.4 Å². The number of carbonyl (C=O) groups excluding carboxylic acids is 3. The number of methoxy groups -OCH3 is 1. The second-order valence-electron chi connectivity index (χ2n) is 10.1. The van der Waals surface area contributed by atoms with Gasteiger partial charge in [-0.1, -0.05) is 12.5 Å². The largest absolute Gasteiger partial charge is 0.494 e. The fourth-order valence-corrected chi connectivity index (χ4v) is 5.58. The number of likely N-dealkylation sites (N-methyl/N-ethyl adjacent to an activating group) is 1. The van der Waals surface area contributed by atoms with E-state index in [-0.39, 0.29) is 34.9 Å². The molecule has 0 radical (unpaired) electrons. The van der Waals surface area contributed by atoms with E-state index >= 15 is 0 Å². The molecule has 12 nitrogen and oxygen atoms in total. The molecular weight excluding hydrogens is 544 g/mol. The fraction of sp³-hybridized carbons (Fsp3) is 0.429. The molecule has 4 N–H and O–H groups in total. The number of nitrogens with one attached hydrogen (secondary N) is 4. The first-order valence-electron chi connectivity index (χ1n) is 14.9. The lowest BCUT2D eigenvalue weighted by Crippen LogP contribution is -2.44. The zero-order valence-corrected chi connectivity index (χ0v) is 23.6. The molecule has 13 heteroatoms. The molecule has 1 saturated heterocycles. The highest BCUT2D eigenvalue weighted by Crippen LogP contribution is 2.40. The zero-order valence-electron chi connectivity index (χ0n) is 25.8. The lowest BCUT2D eigenvalue weighted by Gasteiger charge is -2.32. The fourth-order valence-electron chi connectivity index (χ4n) is 4.72. The number of ether oxygens (including phenoxy) is 1. The van der Waals surface area contributed by atoms with Gasteiger partial charge in [-0.3, -0.25) is 14.4 Å². The highest BCUT2D eigenvalue weighted by molar-refractivity contribution is 7.17. The Labute approximate surface area is 246 Å². The third-order valence-electron chi connectivity index (χ3n) is 7.19. The summed E-state index contributed by atoms with van der Waals surface area (Å²) in [6.45, 7) is -1.17. The molecule has 2 aromatic heterocycles. The Morgan fingerprint density at radius 1 is 1.15 bits per heavy atom. The van der Waals surface area contributed by atoms with Crippen LogP contribution in [0.25, 0.3) is 10.6 Å². The summed E-state index contributed by atoms with van der Waals surface area (Å²) in [5, 5.41) is 19.1. The van der Waals surface area contributed by atoms with E-state index in [1.165, 1.54) is 37.1 Å². The number of benzene rings is 1. The number of aromatic nitrogens is 3. The van der Waals surface area contributed by atoms with Crippen molar-refractivity contribution in [2.45, 2.75) is 38.1 Å². The van der Waals surface area contributed by atoms with Crippen molar-refractivity contribution in [3.05, 3.63) is 41.0 Å². The van der Waals surface area contributed by atoms with Crippen LogP contribution in [0, 0.1) is 5.92 Å². The van der Waals surface area contributed by atoms with Crippen LogP contribution < -0.4 is 26.0 Å². The Morgan fingerprint density at radius 2 is 2.00 bits per heavy atom. The molecule has 1 aliphatic carbocycles. The quantitative estimate of drug-likeness (QED) is 0.283. The number of likely N-dealkylation sites (tertiary alicyclic amines) is 1. The predicted octanol–water partition coefficient (Wildman–Crippen LogP) is 3.27. The molecule has 41 heavy (non-hydrogen) atoms. The van der Waals surface area contributed by atoms with Gasteiger partial charge < -0.3 is 30.9 Å². The van der Waals surface area contributed by atoms with Crippen molar-refractivity contribution in [3.63, 3.8) is 0 Å². The van der Waals surface area contributed by atoms with Crippen LogP contribution in [0.4, 0.5) is 17.2 Å². The minimum atomic E-state index is -2.76. The van der Waals surface area contributed by atoms with E-state index in [1.807, 2.05) is 5.32 Å². The Hall–Kier alpha value is -4.10. The second kappa shape index (κ2) is 12.6. The van der Waals surface area contributed by atoms with Crippen LogP contribution in [-0.2, 0) is 4.79 Å². The van der Waals surface area contributed by atoms with Gasteiger partial charge in [0.05, 0.1) is 30.2 Å². The maximum absolute atomic E-state index is 12.9. The maximum Gasteiger partial charge on any atom is 0.273 e. The molecule has 1 unspecified atom stereocenters. The van der Waals surface area contributed by atoms with Crippen LogP contribution in [0.1, 0.15) is 56.4 Å². The van der Waals surface area contributed by atoms with Crippen LogP contribution >= 0.6 is 11.3 Å². The van der Waals surface area contributed by atoms with Crippen molar-refractivity contribution in [3.8, 4) is 16.3 Å². The average molecular weight is 582 g/mol. The highest BCUT2D eigenvalue weighted by atomic mass is 32.1. The zero-order chi connectivity index (χ0) is 31.4. The summed E-state index contributed by atoms with van der Waals surface area (Å²) in [7, 11) is 3.55. The molecule has 5 rings (SSSR count). The van der Waals surface area contributed by atoms with E-state index in [0.29, 0.717) is 39.5 Å². The number of nitrogens with zero attached hydrogens (tertiary/aromatic N) is 4. The highest BCUT2D eigenvalue weighted by Gasteiger charge is 2.30.